The molecule has 220 valence electrons. The molecule has 2 aliphatic rings. The predicted octanol–water partition coefficient (Wildman–Crippen LogP) is 9.18. The number of hydrogen-bond acceptors (Lipinski definition) is 3. The molecule has 5 rings (SSSR count). The van der Waals surface area contributed by atoms with Crippen LogP contribution in [-0.4, -0.2) is 36.2 Å². The number of benzene rings is 3. The summed E-state index contributed by atoms with van der Waals surface area (Å²) in [6.07, 6.45) is 11.0. The molecule has 3 nitrogen and oxygen atoms in total. The van der Waals surface area contributed by atoms with Crippen molar-refractivity contribution < 1.29 is 9.26 Å². The Labute approximate surface area is 254 Å². The van der Waals surface area contributed by atoms with E-state index in [4.69, 9.17) is 21.1 Å². The summed E-state index contributed by atoms with van der Waals surface area (Å²) in [7, 11) is 3.44. The number of hydrogen-bond donors (Lipinski definition) is 0. The molecule has 0 bridgehead atoms. The van der Waals surface area contributed by atoms with Crippen LogP contribution in [0.25, 0.3) is 0 Å². The van der Waals surface area contributed by atoms with Gasteiger partial charge < -0.3 is 9.26 Å². The lowest BCUT2D eigenvalue weighted by molar-refractivity contribution is 0.144. The van der Waals surface area contributed by atoms with E-state index in [1.807, 2.05) is 6.07 Å². The Hall–Kier alpha value is -1.54. The second-order valence-electron chi connectivity index (χ2n) is 11.8. The Morgan fingerprint density at radius 2 is 1.27 bits per heavy atom. The summed E-state index contributed by atoms with van der Waals surface area (Å²) >= 11 is 6.83. The number of rotatable bonds is 11. The Bertz CT molecular complexity index is 1240. The van der Waals surface area contributed by atoms with E-state index in [0.29, 0.717) is 0 Å². The summed E-state index contributed by atoms with van der Waals surface area (Å²) in [6, 6.07) is 30.1. The third kappa shape index (κ3) is 7.00. The van der Waals surface area contributed by atoms with Gasteiger partial charge >= 0.3 is 0 Å². The number of nitrogens with zero attached hydrogens (tertiary/aromatic N) is 1. The van der Waals surface area contributed by atoms with Crippen molar-refractivity contribution in [2.75, 3.05) is 14.2 Å². The Morgan fingerprint density at radius 3 is 1.83 bits per heavy atom. The van der Waals surface area contributed by atoms with E-state index < -0.39 is 14.3 Å². The second-order valence-corrected chi connectivity index (χ2v) is 18.5. The van der Waals surface area contributed by atoms with Crippen molar-refractivity contribution in [3.05, 3.63) is 90.5 Å². The Balaban J connectivity index is 1.56. The van der Waals surface area contributed by atoms with Gasteiger partial charge in [0.05, 0.1) is 13.3 Å². The summed E-state index contributed by atoms with van der Waals surface area (Å²) in [5.74, 6) is 0.863. The second kappa shape index (κ2) is 14.8. The number of ether oxygens (including phenoxy) is 1. The Morgan fingerprint density at radius 1 is 0.756 bits per heavy atom. The van der Waals surface area contributed by atoms with Gasteiger partial charge in [-0.3, -0.25) is 4.67 Å². The summed E-state index contributed by atoms with van der Waals surface area (Å²) < 4.78 is 16.0. The van der Waals surface area contributed by atoms with Crippen molar-refractivity contribution in [1.82, 2.24) is 4.67 Å². The average Bonchev–Trinajstić information content (AvgIpc) is 3.06. The molecule has 6 heteroatoms. The first-order valence-corrected chi connectivity index (χ1v) is 19.7. The topological polar surface area (TPSA) is 21.7 Å². The SMILES string of the molecule is COc1ccccc1P(=S)(c1ccccc1)N(C)[C@H](C)[C@@H](OP(C1CCCCC1)C1CCCCC1)c1ccccc1. The molecule has 3 atom stereocenters. The first-order chi connectivity index (χ1) is 20.0. The van der Waals surface area contributed by atoms with Gasteiger partial charge in [-0.15, -0.1) is 0 Å². The molecular formula is C35H47NO2P2S. The van der Waals surface area contributed by atoms with Gasteiger partial charge in [0.2, 0.25) is 0 Å². The van der Waals surface area contributed by atoms with Crippen molar-refractivity contribution in [3.8, 4) is 5.75 Å². The van der Waals surface area contributed by atoms with Crippen LogP contribution in [-0.2, 0) is 16.3 Å². The normalized spacial score (nSPS) is 20.0. The molecule has 0 radical (unpaired) electrons. The minimum Gasteiger partial charge on any atom is -0.496 e. The van der Waals surface area contributed by atoms with Gasteiger partial charge in [-0.05, 0) is 57.4 Å². The van der Waals surface area contributed by atoms with Crippen LogP contribution in [0.4, 0.5) is 0 Å². The van der Waals surface area contributed by atoms with E-state index in [2.05, 4.69) is 97.5 Å². The Kier molecular flexibility index (Phi) is 11.1. The molecule has 41 heavy (non-hydrogen) atoms. The molecule has 0 aliphatic heterocycles. The molecule has 0 saturated heterocycles. The molecule has 0 heterocycles. The minimum absolute atomic E-state index is 0.0445. The van der Waals surface area contributed by atoms with Gasteiger partial charge in [-0.25, -0.2) is 0 Å². The zero-order chi connectivity index (χ0) is 28.7. The monoisotopic (exact) mass is 607 g/mol. The first-order valence-electron chi connectivity index (χ1n) is 15.6. The van der Waals surface area contributed by atoms with Crippen LogP contribution in [0, 0.1) is 0 Å². The van der Waals surface area contributed by atoms with E-state index in [1.165, 1.54) is 75.1 Å². The standard InChI is InChI=1S/C35H47NO2P2S/c1-28(36(2)40(41,32-24-14-7-15-25-32)34-27-17-16-26-33(34)37-3)35(29-18-8-4-9-19-29)38-39(30-20-10-5-11-21-30)31-22-12-6-13-23-31/h4,7-9,14-19,24-28,30-31,35H,5-6,10-13,20-23H2,1-3H3/t28-,35-,40?/m1/s1. The predicted molar refractivity (Wildman–Crippen MR) is 181 cm³/mol. The highest BCUT2D eigenvalue weighted by molar-refractivity contribution is 8.20. The lowest BCUT2D eigenvalue weighted by atomic mass is 10.00. The van der Waals surface area contributed by atoms with E-state index in [0.717, 1.165) is 22.4 Å². The van der Waals surface area contributed by atoms with Crippen molar-refractivity contribution in [2.45, 2.75) is 94.6 Å². The molecule has 2 saturated carbocycles. The first kappa shape index (κ1) is 30.9. The van der Waals surface area contributed by atoms with Crippen LogP contribution in [0.2, 0.25) is 0 Å². The van der Waals surface area contributed by atoms with Gasteiger partial charge in [0.1, 0.15) is 11.9 Å². The van der Waals surface area contributed by atoms with E-state index in [-0.39, 0.29) is 12.1 Å². The van der Waals surface area contributed by atoms with E-state index in [9.17, 15) is 0 Å². The zero-order valence-electron chi connectivity index (χ0n) is 25.0. The fraction of sp³-hybridized carbons (Fsp3) is 0.486. The zero-order valence-corrected chi connectivity index (χ0v) is 27.6. The van der Waals surface area contributed by atoms with Crippen LogP contribution >= 0.6 is 14.3 Å². The lowest BCUT2D eigenvalue weighted by Crippen LogP contribution is -2.40. The molecule has 3 aromatic carbocycles. The van der Waals surface area contributed by atoms with Crippen molar-refractivity contribution in [2.24, 2.45) is 0 Å². The summed E-state index contributed by atoms with van der Waals surface area (Å²) in [4.78, 5) is 0. The molecular weight excluding hydrogens is 560 g/mol. The van der Waals surface area contributed by atoms with E-state index >= 15 is 0 Å². The molecule has 3 aromatic rings. The van der Waals surface area contributed by atoms with E-state index in [1.54, 1.807) is 7.11 Å². The highest BCUT2D eigenvalue weighted by Gasteiger charge is 2.40. The van der Waals surface area contributed by atoms with Crippen molar-refractivity contribution in [3.63, 3.8) is 0 Å². The maximum absolute atomic E-state index is 7.59. The fourth-order valence-corrected chi connectivity index (χ4v) is 14.3. The molecule has 2 fully saturated rings. The summed E-state index contributed by atoms with van der Waals surface area (Å²) in [6.45, 7) is 2.34. The minimum atomic E-state index is -2.44. The number of para-hydroxylation sites is 1. The quantitative estimate of drug-likeness (QED) is 0.203. The van der Waals surface area contributed by atoms with Gasteiger partial charge in [0.25, 0.3) is 0 Å². The van der Waals surface area contributed by atoms with Crippen LogP contribution in [0.5, 0.6) is 5.75 Å². The number of likely N-dealkylation sites (N-methyl/N-ethyl adjacent to an activating group) is 1. The summed E-state index contributed by atoms with van der Waals surface area (Å²) in [5, 5.41) is 2.29. The van der Waals surface area contributed by atoms with Crippen molar-refractivity contribution >= 4 is 36.8 Å². The molecule has 2 aliphatic carbocycles. The largest absolute Gasteiger partial charge is 0.496 e. The third-order valence-electron chi connectivity index (χ3n) is 9.22. The van der Waals surface area contributed by atoms with Gasteiger partial charge in [0.15, 0.2) is 0 Å². The van der Waals surface area contributed by atoms with Gasteiger partial charge in [-0.2, -0.15) is 0 Å². The number of methoxy groups -OCH3 is 1. The van der Waals surface area contributed by atoms with Crippen LogP contribution in [0.3, 0.4) is 0 Å². The fourth-order valence-electron chi connectivity index (χ4n) is 6.80. The maximum Gasteiger partial charge on any atom is 0.128 e. The summed E-state index contributed by atoms with van der Waals surface area (Å²) in [5.41, 5.74) is 2.70. The molecule has 0 N–H and O–H groups in total. The third-order valence-corrected chi connectivity index (χ3v) is 17.4. The molecule has 0 spiro atoms. The highest BCUT2D eigenvalue weighted by Crippen LogP contribution is 2.60. The average molecular weight is 608 g/mol. The molecule has 1 unspecified atom stereocenters. The van der Waals surface area contributed by atoms with Crippen LogP contribution in [0.15, 0.2) is 84.9 Å². The highest BCUT2D eigenvalue weighted by atomic mass is 32.4. The van der Waals surface area contributed by atoms with Gasteiger partial charge in [0, 0.05) is 36.1 Å². The molecule has 0 amide bonds. The lowest BCUT2D eigenvalue weighted by Gasteiger charge is -2.44. The van der Waals surface area contributed by atoms with Gasteiger partial charge in [-0.1, -0.05) is 123 Å². The van der Waals surface area contributed by atoms with Crippen LogP contribution in [0.1, 0.15) is 82.8 Å². The molecule has 0 aromatic heterocycles. The van der Waals surface area contributed by atoms with Crippen molar-refractivity contribution in [1.29, 1.82) is 0 Å². The maximum atomic E-state index is 7.59. The smallest absolute Gasteiger partial charge is 0.128 e. The van der Waals surface area contributed by atoms with Crippen LogP contribution < -0.4 is 15.3 Å².